The lowest BCUT2D eigenvalue weighted by Gasteiger charge is -2.08. The van der Waals surface area contributed by atoms with Crippen LogP contribution in [0.1, 0.15) is 11.1 Å². The van der Waals surface area contributed by atoms with Crippen LogP contribution in [0.3, 0.4) is 0 Å². The van der Waals surface area contributed by atoms with Gasteiger partial charge in [-0.05, 0) is 24.1 Å². The van der Waals surface area contributed by atoms with Crippen molar-refractivity contribution < 1.29 is 9.53 Å². The molecule has 0 aliphatic rings. The van der Waals surface area contributed by atoms with Gasteiger partial charge in [0.05, 0.1) is 13.2 Å². The number of carbonyl (C=O) groups is 1. The molecule has 0 unspecified atom stereocenters. The molecule has 0 fully saturated rings. The molecular weight excluding hydrogens is 178 g/mol. The first-order valence-corrected chi connectivity index (χ1v) is 4.54. The van der Waals surface area contributed by atoms with Crippen LogP contribution in [0.2, 0.25) is 0 Å². The summed E-state index contributed by atoms with van der Waals surface area (Å²) in [5, 5.41) is 3.04. The number of nitrogens with one attached hydrogen (secondary N) is 1. The summed E-state index contributed by atoms with van der Waals surface area (Å²) in [5.41, 5.74) is 3.23. The van der Waals surface area contributed by atoms with E-state index in [9.17, 15) is 4.79 Å². The van der Waals surface area contributed by atoms with Gasteiger partial charge in [-0.1, -0.05) is 12.1 Å². The molecule has 1 N–H and O–H groups in total. The summed E-state index contributed by atoms with van der Waals surface area (Å²) in [6.45, 7) is 2.94. The summed E-state index contributed by atoms with van der Waals surface area (Å²) in [4.78, 5) is 10.2. The van der Waals surface area contributed by atoms with Gasteiger partial charge in [-0.2, -0.15) is 0 Å². The van der Waals surface area contributed by atoms with Crippen molar-refractivity contribution in [2.24, 2.45) is 0 Å². The Hall–Kier alpha value is -1.35. The first-order chi connectivity index (χ1) is 6.77. The zero-order valence-electron chi connectivity index (χ0n) is 8.54. The van der Waals surface area contributed by atoms with Crippen LogP contribution in [0, 0.1) is 6.92 Å². The molecule has 0 saturated carbocycles. The Labute approximate surface area is 84.1 Å². The summed E-state index contributed by atoms with van der Waals surface area (Å²) >= 11 is 0. The third-order valence-electron chi connectivity index (χ3n) is 1.99. The number of rotatable bonds is 5. The number of aryl methyl sites for hydroxylation is 1. The molecule has 0 bridgehead atoms. The fourth-order valence-electron chi connectivity index (χ4n) is 1.27. The van der Waals surface area contributed by atoms with Crippen LogP contribution >= 0.6 is 0 Å². The molecule has 0 radical (unpaired) electrons. The highest BCUT2D eigenvalue weighted by molar-refractivity contribution is 5.61. The Morgan fingerprint density at radius 3 is 2.93 bits per heavy atom. The fourth-order valence-corrected chi connectivity index (χ4v) is 1.27. The van der Waals surface area contributed by atoms with Crippen LogP contribution in [0.15, 0.2) is 18.2 Å². The molecule has 3 heteroatoms. The van der Waals surface area contributed by atoms with Gasteiger partial charge >= 0.3 is 0 Å². The molecule has 0 aromatic heterocycles. The average Bonchev–Trinajstić information content (AvgIpc) is 2.19. The number of carbonyl (C=O) groups excluding carboxylic acids is 1. The van der Waals surface area contributed by atoms with Crippen molar-refractivity contribution in [3.8, 4) is 0 Å². The molecule has 1 rings (SSSR count). The number of hydrogen-bond acceptors (Lipinski definition) is 3. The van der Waals surface area contributed by atoms with Gasteiger partial charge in [0.25, 0.3) is 0 Å². The van der Waals surface area contributed by atoms with Crippen molar-refractivity contribution in [2.75, 3.05) is 19.0 Å². The van der Waals surface area contributed by atoms with Gasteiger partial charge in [0.1, 0.15) is 6.29 Å². The van der Waals surface area contributed by atoms with E-state index in [1.165, 1.54) is 0 Å². The van der Waals surface area contributed by atoms with Gasteiger partial charge < -0.3 is 14.8 Å². The topological polar surface area (TPSA) is 38.3 Å². The van der Waals surface area contributed by atoms with Crippen molar-refractivity contribution in [1.82, 2.24) is 0 Å². The molecule has 0 heterocycles. The lowest BCUT2D eigenvalue weighted by molar-refractivity contribution is -0.106. The minimum Gasteiger partial charge on any atom is -0.380 e. The lowest BCUT2D eigenvalue weighted by atomic mass is 10.1. The highest BCUT2D eigenvalue weighted by Gasteiger charge is 1.99. The second-order valence-electron chi connectivity index (χ2n) is 3.13. The quantitative estimate of drug-likeness (QED) is 0.724. The van der Waals surface area contributed by atoms with E-state index in [2.05, 4.69) is 5.32 Å². The number of anilines is 1. The summed E-state index contributed by atoms with van der Waals surface area (Å²) < 4.78 is 5.03. The van der Waals surface area contributed by atoms with Gasteiger partial charge in [-0.15, -0.1) is 0 Å². The maximum atomic E-state index is 10.2. The molecule has 3 nitrogen and oxygen atoms in total. The van der Waals surface area contributed by atoms with Crippen molar-refractivity contribution in [2.45, 2.75) is 13.5 Å². The number of aldehydes is 1. The van der Waals surface area contributed by atoms with Crippen LogP contribution in [-0.4, -0.2) is 19.9 Å². The Morgan fingerprint density at radius 1 is 1.50 bits per heavy atom. The molecule has 0 saturated heterocycles. The van der Waals surface area contributed by atoms with E-state index in [0.29, 0.717) is 13.2 Å². The zero-order valence-corrected chi connectivity index (χ0v) is 8.54. The summed E-state index contributed by atoms with van der Waals surface area (Å²) in [6, 6.07) is 6.04. The third kappa shape index (κ3) is 2.85. The normalized spacial score (nSPS) is 9.86. The van der Waals surface area contributed by atoms with Crippen LogP contribution in [-0.2, 0) is 16.1 Å². The van der Waals surface area contributed by atoms with Gasteiger partial charge in [-0.25, -0.2) is 0 Å². The van der Waals surface area contributed by atoms with Gasteiger partial charge in [0.15, 0.2) is 0 Å². The van der Waals surface area contributed by atoms with E-state index in [1.54, 1.807) is 7.11 Å². The fraction of sp³-hybridized carbons (Fsp3) is 0.364. The van der Waals surface area contributed by atoms with E-state index in [4.69, 9.17) is 4.74 Å². The highest BCUT2D eigenvalue weighted by atomic mass is 16.5. The average molecular weight is 193 g/mol. The first-order valence-electron chi connectivity index (χ1n) is 4.54. The molecule has 76 valence electrons. The predicted octanol–water partition coefficient (Wildman–Crippen LogP) is 1.75. The number of hydrogen-bond donors (Lipinski definition) is 1. The van der Waals surface area contributed by atoms with Crippen molar-refractivity contribution in [3.05, 3.63) is 29.3 Å². The SMILES string of the molecule is COCc1ccc(C)c(NCC=O)c1. The van der Waals surface area contributed by atoms with Gasteiger partial charge in [0, 0.05) is 12.8 Å². The van der Waals surface area contributed by atoms with Crippen molar-refractivity contribution in [3.63, 3.8) is 0 Å². The second-order valence-corrected chi connectivity index (χ2v) is 3.13. The monoisotopic (exact) mass is 193 g/mol. The van der Waals surface area contributed by atoms with Crippen molar-refractivity contribution in [1.29, 1.82) is 0 Å². The highest BCUT2D eigenvalue weighted by Crippen LogP contribution is 2.16. The Balaban J connectivity index is 2.78. The van der Waals surface area contributed by atoms with E-state index < -0.39 is 0 Å². The number of ether oxygens (including phenoxy) is 1. The molecule has 1 aromatic rings. The maximum absolute atomic E-state index is 10.2. The molecule has 0 aliphatic carbocycles. The maximum Gasteiger partial charge on any atom is 0.139 e. The minimum atomic E-state index is 0.345. The van der Waals surface area contributed by atoms with E-state index in [-0.39, 0.29) is 0 Å². The first kappa shape index (κ1) is 10.7. The van der Waals surface area contributed by atoms with Gasteiger partial charge in [-0.3, -0.25) is 0 Å². The molecule has 0 amide bonds. The zero-order chi connectivity index (χ0) is 10.4. The second kappa shape index (κ2) is 5.40. The number of benzene rings is 1. The third-order valence-corrected chi connectivity index (χ3v) is 1.99. The van der Waals surface area contributed by atoms with E-state index >= 15 is 0 Å². The summed E-state index contributed by atoms with van der Waals surface area (Å²) in [5.74, 6) is 0. The summed E-state index contributed by atoms with van der Waals surface area (Å²) in [6.07, 6.45) is 0.850. The molecule has 0 atom stereocenters. The largest absolute Gasteiger partial charge is 0.380 e. The Bertz CT molecular complexity index is 310. The molecule has 0 spiro atoms. The van der Waals surface area contributed by atoms with Gasteiger partial charge in [0.2, 0.25) is 0 Å². The van der Waals surface area contributed by atoms with Crippen LogP contribution in [0.5, 0.6) is 0 Å². The lowest BCUT2D eigenvalue weighted by Crippen LogP contribution is -2.04. The smallest absolute Gasteiger partial charge is 0.139 e. The molecule has 1 aromatic carbocycles. The van der Waals surface area contributed by atoms with E-state index in [0.717, 1.165) is 23.1 Å². The van der Waals surface area contributed by atoms with E-state index in [1.807, 2.05) is 25.1 Å². The molecule has 0 aliphatic heterocycles. The number of methoxy groups -OCH3 is 1. The standard InChI is InChI=1S/C11H15NO2/c1-9-3-4-10(8-14-2)7-11(9)12-5-6-13/h3-4,6-7,12H,5,8H2,1-2H3. The van der Waals surface area contributed by atoms with Crippen molar-refractivity contribution >= 4 is 12.0 Å². The minimum absolute atomic E-state index is 0.345. The Kier molecular flexibility index (Phi) is 4.13. The Morgan fingerprint density at radius 2 is 2.29 bits per heavy atom. The van der Waals surface area contributed by atoms with Crippen LogP contribution in [0.25, 0.3) is 0 Å². The molecular formula is C11H15NO2. The van der Waals surface area contributed by atoms with Crippen LogP contribution in [0.4, 0.5) is 5.69 Å². The predicted molar refractivity (Wildman–Crippen MR) is 56.4 cm³/mol. The molecule has 14 heavy (non-hydrogen) atoms. The van der Waals surface area contributed by atoms with Crippen LogP contribution < -0.4 is 5.32 Å². The summed E-state index contributed by atoms with van der Waals surface area (Å²) in [7, 11) is 1.67.